The van der Waals surface area contributed by atoms with Crippen molar-refractivity contribution < 1.29 is 23.0 Å². The third-order valence-corrected chi connectivity index (χ3v) is 7.64. The highest BCUT2D eigenvalue weighted by Gasteiger charge is 2.31. The summed E-state index contributed by atoms with van der Waals surface area (Å²) in [5.41, 5.74) is 2.13. The Morgan fingerprint density at radius 2 is 1.95 bits per heavy atom. The zero-order valence-corrected chi connectivity index (χ0v) is 22.7. The van der Waals surface area contributed by atoms with Crippen LogP contribution in [-0.2, 0) is 24.8 Å². The molecular formula is C28H28F2N6O3S. The number of halogens is 2. The zero-order chi connectivity index (χ0) is 28.1. The molecule has 2 aromatic heterocycles. The number of aromatic nitrogens is 3. The van der Waals surface area contributed by atoms with Gasteiger partial charge >= 0.3 is 6.03 Å². The summed E-state index contributed by atoms with van der Waals surface area (Å²) in [6, 6.07) is 10.8. The number of hydrogen-bond donors (Lipinski definition) is 3. The van der Waals surface area contributed by atoms with Crippen LogP contribution in [0.5, 0.6) is 11.5 Å². The first-order valence-electron chi connectivity index (χ1n) is 12.6. The molecule has 1 unspecified atom stereocenters. The van der Waals surface area contributed by atoms with Gasteiger partial charge in [-0.2, -0.15) is 0 Å². The van der Waals surface area contributed by atoms with Gasteiger partial charge in [-0.05, 0) is 24.3 Å². The van der Waals surface area contributed by atoms with Crippen LogP contribution in [0, 0.1) is 11.6 Å². The second-order valence-corrected chi connectivity index (χ2v) is 10.3. The maximum atomic E-state index is 15.0. The van der Waals surface area contributed by atoms with Crippen molar-refractivity contribution >= 4 is 29.2 Å². The Morgan fingerprint density at radius 3 is 2.75 bits per heavy atom. The van der Waals surface area contributed by atoms with Crippen LogP contribution in [0.15, 0.2) is 65.8 Å². The first-order valence-corrected chi connectivity index (χ1v) is 13.5. The van der Waals surface area contributed by atoms with Gasteiger partial charge in [-0.1, -0.05) is 12.1 Å². The number of nitrogens with zero attached hydrogens (tertiary/aromatic N) is 3. The molecule has 208 valence electrons. The Hall–Kier alpha value is -4.00. The predicted molar refractivity (Wildman–Crippen MR) is 149 cm³/mol. The van der Waals surface area contributed by atoms with Crippen molar-refractivity contribution in [3.8, 4) is 11.5 Å². The van der Waals surface area contributed by atoms with Gasteiger partial charge in [0.1, 0.15) is 17.4 Å². The lowest BCUT2D eigenvalue weighted by Crippen LogP contribution is -2.20. The van der Waals surface area contributed by atoms with Crippen LogP contribution in [0.4, 0.5) is 25.0 Å². The minimum absolute atomic E-state index is 0.000997. The van der Waals surface area contributed by atoms with E-state index in [0.717, 1.165) is 34.7 Å². The second-order valence-electron chi connectivity index (χ2n) is 9.04. The van der Waals surface area contributed by atoms with Gasteiger partial charge in [0.25, 0.3) is 0 Å². The first kappa shape index (κ1) is 27.6. The van der Waals surface area contributed by atoms with Crippen molar-refractivity contribution in [3.63, 3.8) is 0 Å². The number of para-hydroxylation sites is 1. The van der Waals surface area contributed by atoms with Crippen LogP contribution >= 0.6 is 11.8 Å². The lowest BCUT2D eigenvalue weighted by Gasteiger charge is -2.13. The number of amides is 2. The van der Waals surface area contributed by atoms with E-state index in [2.05, 4.69) is 30.5 Å². The molecule has 0 radical (unpaired) electrons. The SMILES string of the molecule is COCCNCc1cnc(C2Cc3nccc(Oc4ccc(NC(=O)Nc5ccccc5F)cc4F)c3S2)n1C. The van der Waals surface area contributed by atoms with E-state index < -0.39 is 17.7 Å². The Bertz CT molecular complexity index is 1520. The number of hydrogen-bond acceptors (Lipinski definition) is 7. The molecule has 3 heterocycles. The van der Waals surface area contributed by atoms with Gasteiger partial charge in [-0.25, -0.2) is 18.6 Å². The molecule has 9 nitrogen and oxygen atoms in total. The highest BCUT2D eigenvalue weighted by atomic mass is 32.2. The Kier molecular flexibility index (Phi) is 8.58. The smallest absolute Gasteiger partial charge is 0.323 e. The van der Waals surface area contributed by atoms with Crippen LogP contribution in [-0.4, -0.2) is 40.8 Å². The van der Waals surface area contributed by atoms with Crippen LogP contribution in [0.3, 0.4) is 0 Å². The quantitative estimate of drug-likeness (QED) is 0.213. The molecule has 1 atom stereocenters. The summed E-state index contributed by atoms with van der Waals surface area (Å²) in [6.07, 6.45) is 4.17. The molecule has 1 aliphatic rings. The lowest BCUT2D eigenvalue weighted by molar-refractivity contribution is 0.199. The molecule has 0 spiro atoms. The summed E-state index contributed by atoms with van der Waals surface area (Å²) in [5.74, 6) is 0.177. The van der Waals surface area contributed by atoms with Crippen molar-refractivity contribution in [2.24, 2.45) is 7.05 Å². The Morgan fingerprint density at radius 1 is 1.10 bits per heavy atom. The monoisotopic (exact) mass is 566 g/mol. The maximum Gasteiger partial charge on any atom is 0.323 e. The molecule has 4 aromatic rings. The van der Waals surface area contributed by atoms with Crippen molar-refractivity contribution in [2.75, 3.05) is 30.9 Å². The summed E-state index contributed by atoms with van der Waals surface area (Å²) < 4.78 is 41.9. The number of carbonyl (C=O) groups is 1. The van der Waals surface area contributed by atoms with Crippen LogP contribution in [0.1, 0.15) is 22.5 Å². The van der Waals surface area contributed by atoms with Gasteiger partial charge in [0, 0.05) is 63.9 Å². The van der Waals surface area contributed by atoms with Crippen molar-refractivity contribution in [1.29, 1.82) is 0 Å². The Labute approximate surface area is 234 Å². The van der Waals surface area contributed by atoms with E-state index in [1.54, 1.807) is 37.2 Å². The van der Waals surface area contributed by atoms with Gasteiger partial charge in [-0.15, -0.1) is 11.8 Å². The van der Waals surface area contributed by atoms with E-state index in [0.29, 0.717) is 25.3 Å². The summed E-state index contributed by atoms with van der Waals surface area (Å²) in [6.45, 7) is 2.07. The number of nitrogens with one attached hydrogen (secondary N) is 3. The molecule has 12 heteroatoms. The van der Waals surface area contributed by atoms with Crippen molar-refractivity contribution in [3.05, 3.63) is 89.8 Å². The largest absolute Gasteiger partial charge is 0.453 e. The number of rotatable bonds is 10. The van der Waals surface area contributed by atoms with E-state index in [1.165, 1.54) is 30.3 Å². The van der Waals surface area contributed by atoms with Gasteiger partial charge in [-0.3, -0.25) is 4.98 Å². The van der Waals surface area contributed by atoms with Crippen molar-refractivity contribution in [2.45, 2.75) is 23.1 Å². The highest BCUT2D eigenvalue weighted by molar-refractivity contribution is 8.00. The number of ether oxygens (including phenoxy) is 2. The number of imidazole rings is 1. The molecule has 0 fully saturated rings. The number of methoxy groups -OCH3 is 1. The number of urea groups is 1. The molecule has 0 bridgehead atoms. The van der Waals surface area contributed by atoms with Gasteiger partial charge in [0.2, 0.25) is 0 Å². The molecule has 5 rings (SSSR count). The van der Waals surface area contributed by atoms with Gasteiger partial charge in [0.05, 0.1) is 33.8 Å². The summed E-state index contributed by atoms with van der Waals surface area (Å²) in [7, 11) is 3.66. The minimum Gasteiger partial charge on any atom is -0.453 e. The van der Waals surface area contributed by atoms with Gasteiger partial charge < -0.3 is 30.0 Å². The van der Waals surface area contributed by atoms with E-state index >= 15 is 0 Å². The molecule has 2 amide bonds. The Balaban J connectivity index is 1.24. The van der Waals surface area contributed by atoms with E-state index in [4.69, 9.17) is 9.47 Å². The predicted octanol–water partition coefficient (Wildman–Crippen LogP) is 5.66. The van der Waals surface area contributed by atoms with Crippen LogP contribution < -0.4 is 20.7 Å². The van der Waals surface area contributed by atoms with Crippen LogP contribution in [0.2, 0.25) is 0 Å². The molecular weight excluding hydrogens is 538 g/mol. The van der Waals surface area contributed by atoms with Crippen molar-refractivity contribution in [1.82, 2.24) is 19.9 Å². The lowest BCUT2D eigenvalue weighted by atomic mass is 10.2. The molecule has 0 aliphatic carbocycles. The van der Waals surface area contributed by atoms with E-state index in [1.807, 2.05) is 13.2 Å². The first-order chi connectivity index (χ1) is 19.4. The molecule has 1 aliphatic heterocycles. The molecule has 40 heavy (non-hydrogen) atoms. The number of fused-ring (bicyclic) bond motifs is 1. The maximum absolute atomic E-state index is 15.0. The number of benzene rings is 2. The summed E-state index contributed by atoms with van der Waals surface area (Å²) in [4.78, 5) is 22.2. The average molecular weight is 567 g/mol. The second kappa shape index (κ2) is 12.5. The third kappa shape index (κ3) is 6.24. The normalized spacial score (nSPS) is 14.2. The zero-order valence-electron chi connectivity index (χ0n) is 21.9. The molecule has 0 saturated heterocycles. The number of thioether (sulfide) groups is 1. The molecule has 3 N–H and O–H groups in total. The fourth-order valence-corrected chi connectivity index (χ4v) is 5.62. The highest BCUT2D eigenvalue weighted by Crippen LogP contribution is 2.50. The topological polar surface area (TPSA) is 102 Å². The summed E-state index contributed by atoms with van der Waals surface area (Å²) >= 11 is 1.58. The third-order valence-electron chi connectivity index (χ3n) is 6.31. The standard InChI is InChI=1S/C28H28F2N6O3S/c1-36-18(15-31-11-12-38-2)16-33-27(36)25-14-22-26(40-25)24(9-10-32-22)39-23-8-7-17(13-20(23)30)34-28(37)35-21-6-4-3-5-19(21)29/h3-10,13,16,25,31H,11-12,14-15H2,1-2H3,(H2,34,35,37). The number of anilines is 2. The number of carbonyl (C=O) groups excluding carboxylic acids is 1. The number of pyridine rings is 1. The minimum atomic E-state index is -0.698. The fourth-order valence-electron chi connectivity index (χ4n) is 4.27. The van der Waals surface area contributed by atoms with Crippen LogP contribution in [0.25, 0.3) is 0 Å². The summed E-state index contributed by atoms with van der Waals surface area (Å²) in [5, 5.41) is 8.26. The van der Waals surface area contributed by atoms with E-state index in [-0.39, 0.29) is 22.4 Å². The molecule has 0 saturated carbocycles. The average Bonchev–Trinajstić information content (AvgIpc) is 3.53. The molecule has 2 aromatic carbocycles. The fraction of sp³-hybridized carbons (Fsp3) is 0.250. The van der Waals surface area contributed by atoms with Gasteiger partial charge in [0.15, 0.2) is 11.6 Å². The van der Waals surface area contributed by atoms with E-state index in [9.17, 15) is 13.6 Å².